The smallest absolute Gasteiger partial charge is 0.0274 e. The van der Waals surface area contributed by atoms with Crippen molar-refractivity contribution < 1.29 is 12.2 Å². The Kier molecular flexibility index (Phi) is 404. The van der Waals surface area contributed by atoms with Crippen molar-refractivity contribution in [2.24, 2.45) is 0 Å². The van der Waals surface area contributed by atoms with Gasteiger partial charge in [-0.2, -0.15) is 0 Å². The van der Waals surface area contributed by atoms with Crippen LogP contribution in [0, 0.1) is 0 Å². The quantitative estimate of drug-likeness (QED) is 0.442. The lowest BCUT2D eigenvalue weighted by Gasteiger charge is -1.10. The normalized spacial score (nSPS) is 6.33. The second-order valence-corrected chi connectivity index (χ2v) is 0. The van der Waals surface area contributed by atoms with Gasteiger partial charge in [0.1, 0.15) is 0 Å². The Labute approximate surface area is 45.0 Å². The zero-order valence-electron chi connectivity index (χ0n) is 5.39. The van der Waals surface area contributed by atoms with Crippen LogP contribution in [-0.2, 0) is 0 Å². The van der Waals surface area contributed by atoms with E-state index in [1.807, 2.05) is 0 Å². The zero-order valence-corrected chi connectivity index (χ0v) is 5.69. The molecule has 0 spiro atoms. The molecule has 0 heterocycles. The Balaban J connectivity index is -0.0000000160. The second kappa shape index (κ2) is 246. The first-order valence-electron chi connectivity index (χ1n) is 2.23. The third-order valence-corrected chi connectivity index (χ3v) is 0. The highest BCUT2D eigenvalue weighted by Crippen LogP contribution is 1.46. The van der Waals surface area contributed by atoms with Crippen molar-refractivity contribution in [2.75, 3.05) is 13.3 Å². The molecule has 0 aromatic carbocycles. The van der Waals surface area contributed by atoms with Gasteiger partial charge in [-0.1, -0.05) is 13.3 Å². The molecule has 0 aromatic heterocycles. The van der Waals surface area contributed by atoms with Gasteiger partial charge in [-0.15, -0.1) is 18.5 Å². The van der Waals surface area contributed by atoms with E-state index in [4.69, 9.17) is 2.74 Å². The van der Waals surface area contributed by atoms with Gasteiger partial charge >= 0.3 is 0 Å². The van der Waals surface area contributed by atoms with Gasteiger partial charge in [0.15, 0.2) is 0 Å². The standard InChI is InChI=1S/2CH5P.2FH/c2*1-2;;/h2*2H2,1H3;2*1H/i2*1D;;. The average molecular weight is 138 g/mol. The largest absolute Gasteiger partial charge is 0.269 e. The molecule has 44 valence electrons. The molecule has 0 bridgehead atoms. The van der Waals surface area contributed by atoms with Crippen molar-refractivity contribution in [1.29, 1.82) is 0 Å². The third kappa shape index (κ3) is 126. The van der Waals surface area contributed by atoms with Crippen LogP contribution >= 0.6 is 18.5 Å². The topological polar surface area (TPSA) is 0 Å². The molecule has 0 fully saturated rings. The molecule has 0 saturated carbocycles. The lowest BCUT2D eigenvalue weighted by atomic mass is 12.0. The van der Waals surface area contributed by atoms with Crippen molar-refractivity contribution in [3.8, 4) is 0 Å². The van der Waals surface area contributed by atoms with Crippen LogP contribution in [0.1, 0.15) is 2.74 Å². The molecule has 4 heteroatoms. The third-order valence-electron chi connectivity index (χ3n) is 0. The van der Waals surface area contributed by atoms with E-state index in [2.05, 4.69) is 18.5 Å². The maximum atomic E-state index is 6.17. The van der Waals surface area contributed by atoms with Gasteiger partial charge < -0.3 is 0 Å². The number of rotatable bonds is 0. The van der Waals surface area contributed by atoms with Gasteiger partial charge in [0.2, 0.25) is 0 Å². The van der Waals surface area contributed by atoms with Crippen molar-refractivity contribution in [2.45, 2.75) is 0 Å². The summed E-state index contributed by atoms with van der Waals surface area (Å²) in [5, 5.41) is 0. The van der Waals surface area contributed by atoms with Crippen molar-refractivity contribution in [3.05, 3.63) is 0 Å². The first kappa shape index (κ1) is 9.87. The van der Waals surface area contributed by atoms with E-state index in [1.165, 1.54) is 0 Å². The van der Waals surface area contributed by atoms with Crippen LogP contribution in [0.2, 0.25) is 0 Å². The molecule has 0 aliphatic heterocycles. The highest BCUT2D eigenvalue weighted by Gasteiger charge is 0.908. The molecule has 0 aliphatic rings. The SMILES string of the molecule is F.F.[2H]CP.[2H]CP. The summed E-state index contributed by atoms with van der Waals surface area (Å²) < 4.78 is 12.3. The summed E-state index contributed by atoms with van der Waals surface area (Å²) in [6.07, 6.45) is 0. The van der Waals surface area contributed by atoms with Gasteiger partial charge in [0.25, 0.3) is 0 Å². The molecule has 0 saturated heterocycles. The predicted octanol–water partition coefficient (Wildman–Crippen LogP) is 1.29. The Morgan fingerprint density at radius 3 is 1.17 bits per heavy atom. The summed E-state index contributed by atoms with van der Waals surface area (Å²) in [4.78, 5) is 0. The molecule has 2 unspecified atom stereocenters. The Bertz CT molecular complexity index is 18.0. The average Bonchev–Trinajstić information content (AvgIpc) is 1.39. The predicted molar refractivity (Wildman–Crippen MR) is 36.3 cm³/mol. The minimum absolute atomic E-state index is 0. The first-order chi connectivity index (χ1) is 2.83. The van der Waals surface area contributed by atoms with Crippen LogP contribution in [0.3, 0.4) is 0 Å². The highest BCUT2D eigenvalue weighted by molar-refractivity contribution is 7.15. The fourth-order valence-corrected chi connectivity index (χ4v) is 0. The summed E-state index contributed by atoms with van der Waals surface area (Å²) in [6.45, 7) is 0.833. The van der Waals surface area contributed by atoms with Gasteiger partial charge in [-0.25, -0.2) is 0 Å². The molecule has 0 nitrogen and oxygen atoms in total. The summed E-state index contributed by atoms with van der Waals surface area (Å²) in [5.41, 5.74) is 0. The first-order valence-corrected chi connectivity index (χ1v) is 2.45. The summed E-state index contributed by atoms with van der Waals surface area (Å²) >= 11 is 0. The zero-order chi connectivity index (χ0) is 5.41. The van der Waals surface area contributed by atoms with Gasteiger partial charge in [-0.3, -0.25) is 9.41 Å². The molecular formula is C2H12F2P2. The highest BCUT2D eigenvalue weighted by atomic mass is 31.0. The Morgan fingerprint density at radius 2 is 1.17 bits per heavy atom. The van der Waals surface area contributed by atoms with E-state index in [0.717, 1.165) is 0 Å². The van der Waals surface area contributed by atoms with E-state index in [0.29, 0.717) is 13.3 Å². The minimum Gasteiger partial charge on any atom is -0.269 e. The molecule has 0 rings (SSSR count). The van der Waals surface area contributed by atoms with E-state index in [-0.39, 0.29) is 9.41 Å². The molecule has 0 radical (unpaired) electrons. The molecule has 0 aliphatic carbocycles. The van der Waals surface area contributed by atoms with Crippen LogP contribution in [0.5, 0.6) is 0 Å². The number of halogens is 2. The van der Waals surface area contributed by atoms with Crippen LogP contribution in [-0.4, -0.2) is 13.3 Å². The van der Waals surface area contributed by atoms with Crippen LogP contribution in [0.25, 0.3) is 0 Å². The number of hydrogen-bond acceptors (Lipinski definition) is 0. The molecule has 0 amide bonds. The molecule has 2 atom stereocenters. The van der Waals surface area contributed by atoms with E-state index in [9.17, 15) is 0 Å². The summed E-state index contributed by atoms with van der Waals surface area (Å²) in [5.74, 6) is 0. The van der Waals surface area contributed by atoms with Gasteiger partial charge in [-0.05, 0) is 0 Å². The van der Waals surface area contributed by atoms with Crippen molar-refractivity contribution >= 4 is 18.5 Å². The summed E-state index contributed by atoms with van der Waals surface area (Å²) in [6, 6.07) is 0. The van der Waals surface area contributed by atoms with Gasteiger partial charge in [0, 0.05) is 2.74 Å². The molecule has 0 aromatic rings. The second-order valence-electron chi connectivity index (χ2n) is 0. The monoisotopic (exact) mass is 138 g/mol. The van der Waals surface area contributed by atoms with Crippen LogP contribution in [0.15, 0.2) is 0 Å². The minimum atomic E-state index is 0. The van der Waals surface area contributed by atoms with E-state index in [1.54, 1.807) is 0 Å². The van der Waals surface area contributed by atoms with Crippen molar-refractivity contribution in [3.63, 3.8) is 0 Å². The fraction of sp³-hybridized carbons (Fsp3) is 1.00. The lowest BCUT2D eigenvalue weighted by Crippen LogP contribution is -0.804. The Hall–Kier alpha value is 0.720. The van der Waals surface area contributed by atoms with Crippen molar-refractivity contribution in [1.82, 2.24) is 0 Å². The molecular weight excluding hydrogens is 124 g/mol. The summed E-state index contributed by atoms with van der Waals surface area (Å²) in [7, 11) is 4.49. The molecule has 0 N–H and O–H groups in total. The van der Waals surface area contributed by atoms with E-state index < -0.39 is 0 Å². The molecule has 6 heavy (non-hydrogen) atoms. The number of hydrogen-bond donors (Lipinski definition) is 0. The maximum absolute atomic E-state index is 6.17. The van der Waals surface area contributed by atoms with Crippen LogP contribution in [0.4, 0.5) is 9.41 Å². The fourth-order valence-electron chi connectivity index (χ4n) is 0. The Morgan fingerprint density at radius 1 is 1.17 bits per heavy atom. The van der Waals surface area contributed by atoms with Crippen LogP contribution < -0.4 is 0 Å². The van der Waals surface area contributed by atoms with Gasteiger partial charge in [0.05, 0.1) is 0 Å². The van der Waals surface area contributed by atoms with E-state index >= 15 is 0 Å². The lowest BCUT2D eigenvalue weighted by molar-refractivity contribution is 1.11. The maximum Gasteiger partial charge on any atom is 0.0274 e.